The van der Waals surface area contributed by atoms with E-state index in [4.69, 9.17) is 5.73 Å². The van der Waals surface area contributed by atoms with Gasteiger partial charge < -0.3 is 11.1 Å². The Balaban J connectivity index is 0.00000484. The van der Waals surface area contributed by atoms with E-state index in [-0.39, 0.29) is 29.8 Å². The molecule has 0 spiro atoms. The zero-order valence-corrected chi connectivity index (χ0v) is 15.6. The number of carbonyl (C=O) groups excluding carboxylic acids is 1. The van der Waals surface area contributed by atoms with Gasteiger partial charge in [-0.25, -0.2) is 13.1 Å². The van der Waals surface area contributed by atoms with Gasteiger partial charge in [0.05, 0.1) is 4.90 Å². The number of benzene rings is 1. The van der Waals surface area contributed by atoms with E-state index in [0.29, 0.717) is 17.9 Å². The molecule has 0 aromatic heterocycles. The van der Waals surface area contributed by atoms with Crippen LogP contribution in [0.1, 0.15) is 37.6 Å². The third-order valence-electron chi connectivity index (χ3n) is 3.34. The monoisotopic (exact) mass is 363 g/mol. The third kappa shape index (κ3) is 6.10. The number of nitrogens with two attached hydrogens (primary N) is 1. The van der Waals surface area contributed by atoms with Crippen molar-refractivity contribution in [3.8, 4) is 0 Å². The van der Waals surface area contributed by atoms with Crippen LogP contribution in [0, 0.1) is 5.92 Å². The van der Waals surface area contributed by atoms with E-state index in [9.17, 15) is 13.2 Å². The minimum atomic E-state index is -3.69. The molecular formula is C15H26ClN3O3S. The third-order valence-corrected chi connectivity index (χ3v) is 5.00. The van der Waals surface area contributed by atoms with Gasteiger partial charge in [0, 0.05) is 24.7 Å². The highest BCUT2D eigenvalue weighted by molar-refractivity contribution is 7.89. The molecule has 0 radical (unpaired) electrons. The second-order valence-corrected chi connectivity index (χ2v) is 7.75. The minimum absolute atomic E-state index is 0. The molecule has 1 rings (SSSR count). The smallest absolute Gasteiger partial charge is 0.251 e. The van der Waals surface area contributed by atoms with Crippen LogP contribution in [0.4, 0.5) is 0 Å². The van der Waals surface area contributed by atoms with Crippen LogP contribution in [-0.4, -0.2) is 33.5 Å². The first-order valence-corrected chi connectivity index (χ1v) is 8.68. The van der Waals surface area contributed by atoms with Gasteiger partial charge in [-0.3, -0.25) is 4.79 Å². The SMILES string of the molecule is CNC(=O)c1ccc(S(=O)(=O)NC(C)(CN)CC(C)C)cc1.Cl. The molecule has 132 valence electrons. The van der Waals surface area contributed by atoms with E-state index in [2.05, 4.69) is 10.0 Å². The Morgan fingerprint density at radius 3 is 2.17 bits per heavy atom. The number of amides is 1. The van der Waals surface area contributed by atoms with Crippen LogP contribution in [0.25, 0.3) is 0 Å². The van der Waals surface area contributed by atoms with Gasteiger partial charge in [0.25, 0.3) is 5.91 Å². The standard InChI is InChI=1S/C15H25N3O3S.ClH/c1-11(2)9-15(3,10-16)18-22(20,21)13-7-5-12(6-8-13)14(19)17-4;/h5-8,11,18H,9-10,16H2,1-4H3,(H,17,19);1H. The Morgan fingerprint density at radius 1 is 1.26 bits per heavy atom. The zero-order chi connectivity index (χ0) is 17.0. The number of carbonyl (C=O) groups is 1. The first-order valence-electron chi connectivity index (χ1n) is 7.20. The molecule has 0 aliphatic heterocycles. The van der Waals surface area contributed by atoms with Gasteiger partial charge in [-0.1, -0.05) is 13.8 Å². The lowest BCUT2D eigenvalue weighted by atomic mass is 9.92. The molecule has 0 saturated carbocycles. The van der Waals surface area contributed by atoms with Crippen molar-refractivity contribution in [1.82, 2.24) is 10.0 Å². The van der Waals surface area contributed by atoms with E-state index in [1.807, 2.05) is 13.8 Å². The average Bonchev–Trinajstić information content (AvgIpc) is 2.45. The number of halogens is 1. The summed E-state index contributed by atoms with van der Waals surface area (Å²) in [5, 5.41) is 2.49. The molecule has 6 nitrogen and oxygen atoms in total. The highest BCUT2D eigenvalue weighted by Crippen LogP contribution is 2.19. The van der Waals surface area contributed by atoms with Crippen LogP contribution < -0.4 is 15.8 Å². The molecule has 1 atom stereocenters. The molecule has 1 unspecified atom stereocenters. The Morgan fingerprint density at radius 2 is 1.78 bits per heavy atom. The molecule has 23 heavy (non-hydrogen) atoms. The second kappa shape index (κ2) is 8.63. The maximum absolute atomic E-state index is 12.5. The highest BCUT2D eigenvalue weighted by atomic mass is 35.5. The van der Waals surface area contributed by atoms with Crippen LogP contribution in [0.3, 0.4) is 0 Å². The second-order valence-electron chi connectivity index (χ2n) is 6.07. The normalized spacial score (nSPS) is 14.0. The van der Waals surface area contributed by atoms with Gasteiger partial charge in [-0.05, 0) is 43.5 Å². The van der Waals surface area contributed by atoms with Gasteiger partial charge in [0.1, 0.15) is 0 Å². The van der Waals surface area contributed by atoms with Crippen molar-refractivity contribution in [1.29, 1.82) is 0 Å². The van der Waals surface area contributed by atoms with E-state index in [1.165, 1.54) is 31.3 Å². The fourth-order valence-corrected chi connectivity index (χ4v) is 3.81. The van der Waals surface area contributed by atoms with E-state index in [0.717, 1.165) is 0 Å². The predicted octanol–water partition coefficient (Wildman–Crippen LogP) is 1.51. The summed E-state index contributed by atoms with van der Waals surface area (Å²) in [6.07, 6.45) is 0.638. The van der Waals surface area contributed by atoms with Crippen molar-refractivity contribution in [2.45, 2.75) is 37.6 Å². The number of hydrogen-bond acceptors (Lipinski definition) is 4. The molecule has 1 amide bonds. The van der Waals surface area contributed by atoms with E-state index in [1.54, 1.807) is 6.92 Å². The lowest BCUT2D eigenvalue weighted by Gasteiger charge is -2.30. The minimum Gasteiger partial charge on any atom is -0.355 e. The first kappa shape index (κ1) is 21.9. The van der Waals surface area contributed by atoms with Crippen LogP contribution in [0.2, 0.25) is 0 Å². The van der Waals surface area contributed by atoms with Crippen LogP contribution in [-0.2, 0) is 10.0 Å². The fraction of sp³-hybridized carbons (Fsp3) is 0.533. The van der Waals surface area contributed by atoms with Crippen molar-refractivity contribution < 1.29 is 13.2 Å². The molecule has 0 bridgehead atoms. The molecule has 1 aromatic rings. The van der Waals surface area contributed by atoms with Gasteiger partial charge >= 0.3 is 0 Å². The summed E-state index contributed by atoms with van der Waals surface area (Å²) < 4.78 is 27.6. The number of rotatable bonds is 7. The quantitative estimate of drug-likeness (QED) is 0.683. The zero-order valence-electron chi connectivity index (χ0n) is 13.9. The van der Waals surface area contributed by atoms with Gasteiger partial charge in [-0.2, -0.15) is 0 Å². The van der Waals surface area contributed by atoms with E-state index < -0.39 is 15.6 Å². The summed E-state index contributed by atoms with van der Waals surface area (Å²) >= 11 is 0. The summed E-state index contributed by atoms with van der Waals surface area (Å²) in [5.74, 6) is 0.0513. The summed E-state index contributed by atoms with van der Waals surface area (Å²) in [6, 6.07) is 5.80. The maximum Gasteiger partial charge on any atom is 0.251 e. The topological polar surface area (TPSA) is 101 Å². The van der Waals surface area contributed by atoms with Crippen molar-refractivity contribution in [2.24, 2.45) is 11.7 Å². The molecule has 0 aliphatic rings. The van der Waals surface area contributed by atoms with Crippen LogP contribution in [0.15, 0.2) is 29.2 Å². The molecule has 0 saturated heterocycles. The van der Waals surface area contributed by atoms with Crippen LogP contribution >= 0.6 is 12.4 Å². The Labute approximate surface area is 144 Å². The van der Waals surface area contributed by atoms with Gasteiger partial charge in [0.15, 0.2) is 0 Å². The molecule has 1 aromatic carbocycles. The molecule has 0 heterocycles. The predicted molar refractivity (Wildman–Crippen MR) is 94.3 cm³/mol. The fourth-order valence-electron chi connectivity index (χ4n) is 2.38. The summed E-state index contributed by atoms with van der Waals surface area (Å²) in [6.45, 7) is 6.03. The van der Waals surface area contributed by atoms with Crippen molar-refractivity contribution in [3.05, 3.63) is 29.8 Å². The molecule has 0 aliphatic carbocycles. The highest BCUT2D eigenvalue weighted by Gasteiger charge is 2.30. The van der Waals surface area contributed by atoms with Crippen molar-refractivity contribution in [3.63, 3.8) is 0 Å². The molecule has 4 N–H and O–H groups in total. The Kier molecular flexibility index (Phi) is 8.20. The lowest BCUT2D eigenvalue weighted by molar-refractivity contribution is 0.0963. The van der Waals surface area contributed by atoms with Gasteiger partial charge in [0.2, 0.25) is 10.0 Å². The van der Waals surface area contributed by atoms with Crippen molar-refractivity contribution >= 4 is 28.3 Å². The number of hydrogen-bond donors (Lipinski definition) is 3. The molecule has 8 heteroatoms. The van der Waals surface area contributed by atoms with Crippen LogP contribution in [0.5, 0.6) is 0 Å². The number of nitrogens with one attached hydrogen (secondary N) is 2. The Hall–Kier alpha value is -1.15. The lowest BCUT2D eigenvalue weighted by Crippen LogP contribution is -2.51. The van der Waals surface area contributed by atoms with Crippen molar-refractivity contribution in [2.75, 3.05) is 13.6 Å². The maximum atomic E-state index is 12.5. The molecule has 0 fully saturated rings. The Bertz CT molecular complexity index is 617. The summed E-state index contributed by atoms with van der Waals surface area (Å²) in [5.41, 5.74) is 5.45. The largest absolute Gasteiger partial charge is 0.355 e. The summed E-state index contributed by atoms with van der Waals surface area (Å²) in [7, 11) is -2.17. The average molecular weight is 364 g/mol. The molecular weight excluding hydrogens is 338 g/mol. The van der Waals surface area contributed by atoms with E-state index >= 15 is 0 Å². The van der Waals surface area contributed by atoms with Gasteiger partial charge in [-0.15, -0.1) is 12.4 Å². The summed E-state index contributed by atoms with van der Waals surface area (Å²) in [4.78, 5) is 11.6. The number of sulfonamides is 1. The first-order chi connectivity index (χ1) is 10.1.